The average Bonchev–Trinajstić information content (AvgIpc) is 2.38. The van der Waals surface area contributed by atoms with Crippen LogP contribution in [0.5, 0.6) is 0 Å². The lowest BCUT2D eigenvalue weighted by Crippen LogP contribution is -2.14. The summed E-state index contributed by atoms with van der Waals surface area (Å²) in [4.78, 5) is 15.9. The van der Waals surface area contributed by atoms with Gasteiger partial charge in [-0.15, -0.1) is 0 Å². The second kappa shape index (κ2) is 4.84. The zero-order chi connectivity index (χ0) is 14.0. The van der Waals surface area contributed by atoms with Crippen molar-refractivity contribution in [2.24, 2.45) is 0 Å². The molecule has 0 aliphatic carbocycles. The molecule has 0 unspecified atom stereocenters. The maximum Gasteiger partial charge on any atom is 0.417 e. The Morgan fingerprint density at radius 3 is 2.37 bits per heavy atom. The number of carbonyl (C=O) groups excluding carboxylic acids is 1. The monoisotopic (exact) mass is 265 g/mol. The number of benzene rings is 1. The van der Waals surface area contributed by atoms with Gasteiger partial charge < -0.3 is 0 Å². The van der Waals surface area contributed by atoms with Gasteiger partial charge in [-0.1, -0.05) is 24.3 Å². The van der Waals surface area contributed by atoms with E-state index in [0.717, 1.165) is 17.7 Å². The molecule has 0 fully saturated rings. The Bertz CT molecular complexity index is 603. The first-order valence-corrected chi connectivity index (χ1v) is 5.53. The van der Waals surface area contributed by atoms with Gasteiger partial charge in [-0.05, 0) is 24.6 Å². The van der Waals surface area contributed by atoms with Crippen LogP contribution in [0.15, 0.2) is 42.6 Å². The molecule has 0 saturated heterocycles. The number of hydrogen-bond acceptors (Lipinski definition) is 2. The summed E-state index contributed by atoms with van der Waals surface area (Å²) in [6.07, 6.45) is -3.11. The van der Waals surface area contributed by atoms with Crippen molar-refractivity contribution in [1.29, 1.82) is 0 Å². The molecule has 0 spiro atoms. The molecule has 1 aromatic heterocycles. The number of rotatable bonds is 2. The van der Waals surface area contributed by atoms with E-state index >= 15 is 0 Å². The van der Waals surface area contributed by atoms with E-state index in [4.69, 9.17) is 0 Å². The summed E-state index contributed by atoms with van der Waals surface area (Å²) >= 11 is 0. The summed E-state index contributed by atoms with van der Waals surface area (Å²) < 4.78 is 38.4. The fourth-order valence-electron chi connectivity index (χ4n) is 1.67. The van der Waals surface area contributed by atoms with Gasteiger partial charge in [-0.2, -0.15) is 13.2 Å². The molecule has 0 amide bonds. The number of ketones is 1. The second-order valence-electron chi connectivity index (χ2n) is 4.09. The quantitative estimate of drug-likeness (QED) is 0.776. The fraction of sp³-hybridized carbons (Fsp3) is 0.143. The number of alkyl halides is 3. The van der Waals surface area contributed by atoms with Crippen molar-refractivity contribution >= 4 is 5.78 Å². The van der Waals surface area contributed by atoms with Gasteiger partial charge in [-0.25, -0.2) is 0 Å². The van der Waals surface area contributed by atoms with Crippen LogP contribution in [0.4, 0.5) is 13.2 Å². The Labute approximate surface area is 107 Å². The molecule has 98 valence electrons. The molecular weight excluding hydrogens is 255 g/mol. The van der Waals surface area contributed by atoms with E-state index in [1.54, 1.807) is 13.0 Å². The molecular formula is C14H10F3NO. The summed E-state index contributed by atoms with van der Waals surface area (Å²) in [5, 5.41) is 0. The van der Waals surface area contributed by atoms with E-state index in [9.17, 15) is 18.0 Å². The molecule has 1 aromatic carbocycles. The summed E-state index contributed by atoms with van der Waals surface area (Å²) in [5.74, 6) is -0.729. The van der Waals surface area contributed by atoms with E-state index < -0.39 is 17.5 Å². The first kappa shape index (κ1) is 13.3. The molecule has 0 N–H and O–H groups in total. The summed E-state index contributed by atoms with van der Waals surface area (Å²) in [7, 11) is 0. The zero-order valence-electron chi connectivity index (χ0n) is 10.0. The van der Waals surface area contributed by atoms with Gasteiger partial charge in [0.2, 0.25) is 5.78 Å². The van der Waals surface area contributed by atoms with Gasteiger partial charge in [0, 0.05) is 11.8 Å². The SMILES string of the molecule is Cc1ccc(C(=O)c2ccccc2C(F)(F)F)nc1. The van der Waals surface area contributed by atoms with Gasteiger partial charge in [0.05, 0.1) is 5.56 Å². The predicted octanol–water partition coefficient (Wildman–Crippen LogP) is 3.64. The van der Waals surface area contributed by atoms with Crippen molar-refractivity contribution in [3.8, 4) is 0 Å². The number of aryl methyl sites for hydroxylation is 1. The number of aromatic nitrogens is 1. The number of hydrogen-bond donors (Lipinski definition) is 0. The Morgan fingerprint density at radius 1 is 1.11 bits per heavy atom. The van der Waals surface area contributed by atoms with Gasteiger partial charge >= 0.3 is 6.18 Å². The van der Waals surface area contributed by atoms with Gasteiger partial charge in [-0.3, -0.25) is 9.78 Å². The number of carbonyl (C=O) groups is 1. The minimum atomic E-state index is -4.56. The molecule has 0 atom stereocenters. The maximum atomic E-state index is 12.8. The summed E-state index contributed by atoms with van der Waals surface area (Å²) in [5.41, 5.74) is -0.489. The van der Waals surface area contributed by atoms with Crippen LogP contribution in [-0.2, 0) is 6.18 Å². The zero-order valence-corrected chi connectivity index (χ0v) is 10.0. The number of pyridine rings is 1. The lowest BCUT2D eigenvalue weighted by Gasteiger charge is -2.11. The van der Waals surface area contributed by atoms with Crippen LogP contribution in [0.25, 0.3) is 0 Å². The Morgan fingerprint density at radius 2 is 1.79 bits per heavy atom. The van der Waals surface area contributed by atoms with Crippen molar-refractivity contribution in [1.82, 2.24) is 4.98 Å². The van der Waals surface area contributed by atoms with Crippen LogP contribution >= 0.6 is 0 Å². The standard InChI is InChI=1S/C14H10F3NO/c1-9-6-7-12(18-8-9)13(19)10-4-2-3-5-11(10)14(15,16)17/h2-8H,1H3. The lowest BCUT2D eigenvalue weighted by molar-refractivity contribution is -0.137. The predicted molar refractivity (Wildman–Crippen MR) is 63.9 cm³/mol. The van der Waals surface area contributed by atoms with E-state index in [1.165, 1.54) is 24.4 Å². The van der Waals surface area contributed by atoms with Crippen molar-refractivity contribution in [2.45, 2.75) is 13.1 Å². The van der Waals surface area contributed by atoms with Crippen LogP contribution < -0.4 is 0 Å². The van der Waals surface area contributed by atoms with Crippen LogP contribution in [0.3, 0.4) is 0 Å². The molecule has 2 aromatic rings. The topological polar surface area (TPSA) is 30.0 Å². The normalized spacial score (nSPS) is 11.4. The largest absolute Gasteiger partial charge is 0.417 e. The van der Waals surface area contributed by atoms with Crippen LogP contribution in [0, 0.1) is 6.92 Å². The van der Waals surface area contributed by atoms with E-state index in [0.29, 0.717) is 0 Å². The maximum absolute atomic E-state index is 12.8. The number of nitrogens with zero attached hydrogens (tertiary/aromatic N) is 1. The van der Waals surface area contributed by atoms with Gasteiger partial charge in [0.15, 0.2) is 0 Å². The lowest BCUT2D eigenvalue weighted by atomic mass is 10.0. The molecule has 2 rings (SSSR count). The smallest absolute Gasteiger partial charge is 0.287 e. The fourth-order valence-corrected chi connectivity index (χ4v) is 1.67. The Kier molecular flexibility index (Phi) is 3.38. The summed E-state index contributed by atoms with van der Waals surface area (Å²) in [6, 6.07) is 7.76. The molecule has 0 radical (unpaired) electrons. The molecule has 5 heteroatoms. The molecule has 2 nitrogen and oxygen atoms in total. The van der Waals surface area contributed by atoms with Crippen LogP contribution in [0.2, 0.25) is 0 Å². The molecule has 0 aliphatic rings. The molecule has 0 bridgehead atoms. The molecule has 0 saturated carbocycles. The van der Waals surface area contributed by atoms with E-state index in [-0.39, 0.29) is 11.3 Å². The third-order valence-corrected chi connectivity index (χ3v) is 2.62. The highest BCUT2D eigenvalue weighted by Crippen LogP contribution is 2.32. The van der Waals surface area contributed by atoms with Crippen LogP contribution in [0.1, 0.15) is 27.2 Å². The minimum Gasteiger partial charge on any atom is -0.287 e. The Balaban J connectivity index is 2.48. The third-order valence-electron chi connectivity index (χ3n) is 2.62. The minimum absolute atomic E-state index is 0.00213. The summed E-state index contributed by atoms with van der Waals surface area (Å²) in [6.45, 7) is 1.78. The molecule has 0 aliphatic heterocycles. The van der Waals surface area contributed by atoms with Crippen molar-refractivity contribution in [3.05, 3.63) is 65.0 Å². The average molecular weight is 265 g/mol. The second-order valence-corrected chi connectivity index (χ2v) is 4.09. The first-order chi connectivity index (χ1) is 8.89. The van der Waals surface area contributed by atoms with E-state index in [2.05, 4.69) is 4.98 Å². The highest BCUT2D eigenvalue weighted by Gasteiger charge is 2.35. The van der Waals surface area contributed by atoms with E-state index in [1.807, 2.05) is 0 Å². The third kappa shape index (κ3) is 2.81. The van der Waals surface area contributed by atoms with Crippen molar-refractivity contribution in [2.75, 3.05) is 0 Å². The highest BCUT2D eigenvalue weighted by atomic mass is 19.4. The van der Waals surface area contributed by atoms with Gasteiger partial charge in [0.25, 0.3) is 0 Å². The highest BCUT2D eigenvalue weighted by molar-refractivity contribution is 6.08. The van der Waals surface area contributed by atoms with Crippen molar-refractivity contribution in [3.63, 3.8) is 0 Å². The molecule has 19 heavy (non-hydrogen) atoms. The van der Waals surface area contributed by atoms with Gasteiger partial charge in [0.1, 0.15) is 5.69 Å². The van der Waals surface area contributed by atoms with Crippen LogP contribution in [-0.4, -0.2) is 10.8 Å². The molecule has 1 heterocycles. The Hall–Kier alpha value is -2.17. The number of halogens is 3. The van der Waals surface area contributed by atoms with Crippen molar-refractivity contribution < 1.29 is 18.0 Å². The first-order valence-electron chi connectivity index (χ1n) is 5.53.